The molecule has 1 fully saturated rings. The molecule has 0 saturated heterocycles. The van der Waals surface area contributed by atoms with Crippen molar-refractivity contribution in [3.8, 4) is 0 Å². The van der Waals surface area contributed by atoms with Gasteiger partial charge in [-0.05, 0) is 36.1 Å². The van der Waals surface area contributed by atoms with Gasteiger partial charge in [-0.15, -0.1) is 0 Å². The normalized spacial score (nSPS) is 17.2. The molecule has 0 aliphatic heterocycles. The highest BCUT2D eigenvalue weighted by molar-refractivity contribution is 7.99. The van der Waals surface area contributed by atoms with Crippen LogP contribution in [0.15, 0.2) is 30.3 Å². The molecule has 1 N–H and O–H groups in total. The van der Waals surface area contributed by atoms with Crippen LogP contribution < -0.4 is 5.32 Å². The van der Waals surface area contributed by atoms with Crippen molar-refractivity contribution in [2.24, 2.45) is 5.41 Å². The molecule has 1 unspecified atom stereocenters. The molecule has 2 rings (SSSR count). The van der Waals surface area contributed by atoms with E-state index in [-0.39, 0.29) is 11.4 Å². The summed E-state index contributed by atoms with van der Waals surface area (Å²) in [7, 11) is 1.47. The van der Waals surface area contributed by atoms with Gasteiger partial charge in [-0.1, -0.05) is 37.3 Å². The molecule has 1 aromatic carbocycles. The van der Waals surface area contributed by atoms with E-state index < -0.39 is 0 Å². The third-order valence-corrected chi connectivity index (χ3v) is 5.43. The van der Waals surface area contributed by atoms with Crippen LogP contribution in [0.3, 0.4) is 0 Å². The zero-order chi connectivity index (χ0) is 15.1. The number of carbonyl (C=O) groups excluding carboxylic acids is 1. The minimum atomic E-state index is -0.0700. The highest BCUT2D eigenvalue weighted by Gasteiger charge is 2.44. The average Bonchev–Trinajstić information content (AvgIpc) is 3.27. The fraction of sp³-hybridized carbons (Fsp3) is 0.588. The summed E-state index contributed by atoms with van der Waals surface area (Å²) in [6.07, 6.45) is 2.90. The molecule has 21 heavy (non-hydrogen) atoms. The Bertz CT molecular complexity index is 445. The zero-order valence-electron chi connectivity index (χ0n) is 12.9. The van der Waals surface area contributed by atoms with Gasteiger partial charge >= 0.3 is 5.97 Å². The summed E-state index contributed by atoms with van der Waals surface area (Å²) in [4.78, 5) is 11.4. The van der Waals surface area contributed by atoms with Gasteiger partial charge in [0.25, 0.3) is 0 Å². The number of carbonyl (C=O) groups is 1. The number of methoxy groups -OCH3 is 1. The molecular formula is C17H25NO2S. The lowest BCUT2D eigenvalue weighted by atomic mass is 10.1. The second kappa shape index (κ2) is 7.85. The topological polar surface area (TPSA) is 38.3 Å². The number of benzene rings is 1. The molecule has 0 radical (unpaired) electrons. The predicted octanol–water partition coefficient (Wildman–Crippen LogP) is 3.41. The third kappa shape index (κ3) is 5.04. The first kappa shape index (κ1) is 16.4. The van der Waals surface area contributed by atoms with Gasteiger partial charge in [0, 0.05) is 11.8 Å². The minimum Gasteiger partial charge on any atom is -0.469 e. The lowest BCUT2D eigenvalue weighted by Gasteiger charge is -2.20. The summed E-state index contributed by atoms with van der Waals surface area (Å²) in [5.74, 6) is 2.02. The average molecular weight is 307 g/mol. The van der Waals surface area contributed by atoms with Crippen molar-refractivity contribution in [1.29, 1.82) is 0 Å². The first-order valence-electron chi connectivity index (χ1n) is 7.62. The molecule has 0 aromatic heterocycles. The highest BCUT2D eigenvalue weighted by Crippen LogP contribution is 2.51. The molecule has 116 valence electrons. The lowest BCUT2D eigenvalue weighted by molar-refractivity contribution is -0.141. The molecule has 0 amide bonds. The van der Waals surface area contributed by atoms with Crippen molar-refractivity contribution in [3.05, 3.63) is 35.9 Å². The Morgan fingerprint density at radius 2 is 2.10 bits per heavy atom. The SMILES string of the molecule is CCNC(CSCC1(CC(=O)OC)CC1)c1ccccc1. The number of esters is 1. The van der Waals surface area contributed by atoms with Crippen molar-refractivity contribution >= 4 is 17.7 Å². The predicted molar refractivity (Wildman–Crippen MR) is 88.5 cm³/mol. The molecule has 0 spiro atoms. The minimum absolute atomic E-state index is 0.0700. The summed E-state index contributed by atoms with van der Waals surface area (Å²) < 4.78 is 4.80. The van der Waals surface area contributed by atoms with E-state index in [9.17, 15) is 4.79 Å². The highest BCUT2D eigenvalue weighted by atomic mass is 32.2. The molecule has 3 nitrogen and oxygen atoms in total. The molecule has 0 heterocycles. The van der Waals surface area contributed by atoms with Gasteiger partial charge in [0.05, 0.1) is 13.5 Å². The Morgan fingerprint density at radius 1 is 1.38 bits per heavy atom. The molecule has 1 saturated carbocycles. The van der Waals surface area contributed by atoms with Gasteiger partial charge in [-0.2, -0.15) is 11.8 Å². The van der Waals surface area contributed by atoms with Crippen LogP contribution >= 0.6 is 11.8 Å². The van der Waals surface area contributed by atoms with Gasteiger partial charge < -0.3 is 10.1 Å². The van der Waals surface area contributed by atoms with Gasteiger partial charge in [0.15, 0.2) is 0 Å². The summed E-state index contributed by atoms with van der Waals surface area (Å²) in [6.45, 7) is 3.10. The summed E-state index contributed by atoms with van der Waals surface area (Å²) >= 11 is 1.95. The van der Waals surface area contributed by atoms with Crippen LogP contribution in [0.4, 0.5) is 0 Å². The summed E-state index contributed by atoms with van der Waals surface area (Å²) in [5, 5.41) is 3.55. The lowest BCUT2D eigenvalue weighted by Crippen LogP contribution is -2.23. The van der Waals surface area contributed by atoms with Crippen LogP contribution in [0.2, 0.25) is 0 Å². The monoisotopic (exact) mass is 307 g/mol. The molecule has 1 atom stereocenters. The van der Waals surface area contributed by atoms with Crippen molar-refractivity contribution in [2.75, 3.05) is 25.2 Å². The second-order valence-electron chi connectivity index (χ2n) is 5.79. The van der Waals surface area contributed by atoms with E-state index in [0.717, 1.165) is 30.9 Å². The smallest absolute Gasteiger partial charge is 0.306 e. The Labute approximate surface area is 131 Å². The van der Waals surface area contributed by atoms with Crippen LogP contribution in [0.5, 0.6) is 0 Å². The maximum absolute atomic E-state index is 11.4. The number of hydrogen-bond donors (Lipinski definition) is 1. The van der Waals surface area contributed by atoms with Crippen molar-refractivity contribution in [2.45, 2.75) is 32.2 Å². The molecule has 1 aliphatic rings. The number of ether oxygens (including phenoxy) is 1. The largest absolute Gasteiger partial charge is 0.469 e. The van der Waals surface area contributed by atoms with Crippen LogP contribution in [0.1, 0.15) is 37.8 Å². The standard InChI is InChI=1S/C17H25NO2S/c1-3-18-15(14-7-5-4-6-8-14)12-21-13-17(9-10-17)11-16(19)20-2/h4-8,15,18H,3,9-13H2,1-2H3. The van der Waals surface area contributed by atoms with E-state index in [1.807, 2.05) is 11.8 Å². The molecule has 1 aromatic rings. The van der Waals surface area contributed by atoms with E-state index in [0.29, 0.717) is 12.5 Å². The number of nitrogens with one attached hydrogen (secondary N) is 1. The van der Waals surface area contributed by atoms with E-state index in [4.69, 9.17) is 4.74 Å². The van der Waals surface area contributed by atoms with Gasteiger partial charge in [0.1, 0.15) is 0 Å². The van der Waals surface area contributed by atoms with Crippen LogP contribution in [0, 0.1) is 5.41 Å². The van der Waals surface area contributed by atoms with Crippen LogP contribution in [0.25, 0.3) is 0 Å². The van der Waals surface area contributed by atoms with E-state index in [1.165, 1.54) is 12.7 Å². The first-order chi connectivity index (χ1) is 10.2. The third-order valence-electron chi connectivity index (χ3n) is 4.05. The Hall–Kier alpha value is -1.00. The van der Waals surface area contributed by atoms with Crippen LogP contribution in [-0.2, 0) is 9.53 Å². The Kier molecular flexibility index (Phi) is 6.12. The number of hydrogen-bond acceptors (Lipinski definition) is 4. The molecule has 4 heteroatoms. The quantitative estimate of drug-likeness (QED) is 0.710. The molecular weight excluding hydrogens is 282 g/mol. The molecule has 0 bridgehead atoms. The number of rotatable bonds is 9. The maximum atomic E-state index is 11.4. The second-order valence-corrected chi connectivity index (χ2v) is 6.82. The number of thioether (sulfide) groups is 1. The van der Waals surface area contributed by atoms with Crippen molar-refractivity contribution in [3.63, 3.8) is 0 Å². The Balaban J connectivity index is 1.81. The van der Waals surface area contributed by atoms with Crippen molar-refractivity contribution < 1.29 is 9.53 Å². The fourth-order valence-electron chi connectivity index (χ4n) is 2.53. The summed E-state index contributed by atoms with van der Waals surface area (Å²) in [5.41, 5.74) is 1.55. The van der Waals surface area contributed by atoms with Gasteiger partial charge in [0.2, 0.25) is 0 Å². The molecule has 1 aliphatic carbocycles. The van der Waals surface area contributed by atoms with Gasteiger partial charge in [-0.25, -0.2) is 0 Å². The van der Waals surface area contributed by atoms with Crippen LogP contribution in [-0.4, -0.2) is 31.1 Å². The van der Waals surface area contributed by atoms with E-state index in [1.54, 1.807) is 0 Å². The fourth-order valence-corrected chi connectivity index (χ4v) is 4.01. The summed E-state index contributed by atoms with van der Waals surface area (Å²) in [6, 6.07) is 11.0. The van der Waals surface area contributed by atoms with Gasteiger partial charge in [-0.3, -0.25) is 4.79 Å². The van der Waals surface area contributed by atoms with E-state index in [2.05, 4.69) is 42.6 Å². The van der Waals surface area contributed by atoms with Crippen molar-refractivity contribution in [1.82, 2.24) is 5.32 Å². The van der Waals surface area contributed by atoms with E-state index >= 15 is 0 Å². The first-order valence-corrected chi connectivity index (χ1v) is 8.77. The zero-order valence-corrected chi connectivity index (χ0v) is 13.7. The Morgan fingerprint density at radius 3 is 2.67 bits per heavy atom. The maximum Gasteiger partial charge on any atom is 0.306 e.